The summed E-state index contributed by atoms with van der Waals surface area (Å²) in [6.45, 7) is 6.96. The van der Waals surface area contributed by atoms with Crippen molar-refractivity contribution in [1.29, 1.82) is 0 Å². The third kappa shape index (κ3) is 2.72. The van der Waals surface area contributed by atoms with Gasteiger partial charge in [0.15, 0.2) is 0 Å². The summed E-state index contributed by atoms with van der Waals surface area (Å²) in [6.07, 6.45) is 1.10. The summed E-state index contributed by atoms with van der Waals surface area (Å²) in [5.74, 6) is 0.681. The fourth-order valence-electron chi connectivity index (χ4n) is 2.33. The molecule has 1 aromatic carbocycles. The van der Waals surface area contributed by atoms with Crippen LogP contribution in [0.3, 0.4) is 0 Å². The van der Waals surface area contributed by atoms with Gasteiger partial charge in [-0.3, -0.25) is 4.79 Å². The molecule has 1 heterocycles. The number of carbonyl (C=O) groups is 1. The van der Waals surface area contributed by atoms with Crippen molar-refractivity contribution in [1.82, 2.24) is 10.2 Å². The minimum atomic E-state index is 0.130. The average molecular weight is 246 g/mol. The SMILES string of the molecule is CCC(C)CN(C)C(=O)c1ccc2c(c1)CNC2. The number of rotatable bonds is 4. The molecule has 0 aromatic heterocycles. The molecule has 0 bridgehead atoms. The average Bonchev–Trinajstić information content (AvgIpc) is 2.84. The largest absolute Gasteiger partial charge is 0.341 e. The first-order chi connectivity index (χ1) is 8.61. The third-order valence-electron chi connectivity index (χ3n) is 3.71. The van der Waals surface area contributed by atoms with Crippen molar-refractivity contribution >= 4 is 5.91 Å². The van der Waals surface area contributed by atoms with Crippen LogP contribution in [0.15, 0.2) is 18.2 Å². The Morgan fingerprint density at radius 3 is 2.83 bits per heavy atom. The van der Waals surface area contributed by atoms with Gasteiger partial charge in [0.1, 0.15) is 0 Å². The molecule has 0 saturated carbocycles. The molecule has 1 aliphatic heterocycles. The Balaban J connectivity index is 2.09. The Kier molecular flexibility index (Phi) is 4.02. The van der Waals surface area contributed by atoms with Gasteiger partial charge in [-0.2, -0.15) is 0 Å². The molecule has 3 heteroatoms. The van der Waals surface area contributed by atoms with Crippen molar-refractivity contribution < 1.29 is 4.79 Å². The molecule has 0 fully saturated rings. The minimum Gasteiger partial charge on any atom is -0.341 e. The number of carbonyl (C=O) groups excluding carboxylic acids is 1. The fraction of sp³-hybridized carbons (Fsp3) is 0.533. The lowest BCUT2D eigenvalue weighted by molar-refractivity contribution is 0.0775. The first-order valence-electron chi connectivity index (χ1n) is 6.69. The minimum absolute atomic E-state index is 0.130. The molecule has 3 nitrogen and oxygen atoms in total. The van der Waals surface area contributed by atoms with Crippen molar-refractivity contribution in [3.63, 3.8) is 0 Å². The number of hydrogen-bond acceptors (Lipinski definition) is 2. The van der Waals surface area contributed by atoms with E-state index < -0.39 is 0 Å². The lowest BCUT2D eigenvalue weighted by Gasteiger charge is -2.21. The van der Waals surface area contributed by atoms with E-state index >= 15 is 0 Å². The molecule has 98 valence electrons. The van der Waals surface area contributed by atoms with Crippen LogP contribution in [0, 0.1) is 5.92 Å². The van der Waals surface area contributed by atoms with Crippen molar-refractivity contribution in [3.8, 4) is 0 Å². The number of benzene rings is 1. The highest BCUT2D eigenvalue weighted by molar-refractivity contribution is 5.94. The maximum atomic E-state index is 12.3. The molecule has 0 spiro atoms. The molecule has 2 rings (SSSR count). The van der Waals surface area contributed by atoms with Crippen molar-refractivity contribution in [2.45, 2.75) is 33.4 Å². The van der Waals surface area contributed by atoms with Gasteiger partial charge in [0.25, 0.3) is 5.91 Å². The predicted octanol–water partition coefficient (Wildman–Crippen LogP) is 2.41. The van der Waals surface area contributed by atoms with Crippen LogP contribution in [0.5, 0.6) is 0 Å². The first kappa shape index (κ1) is 13.1. The van der Waals surface area contributed by atoms with Crippen LogP contribution < -0.4 is 5.32 Å². The van der Waals surface area contributed by atoms with Gasteiger partial charge in [-0.05, 0) is 29.2 Å². The maximum absolute atomic E-state index is 12.3. The number of hydrogen-bond donors (Lipinski definition) is 1. The second-order valence-corrected chi connectivity index (χ2v) is 5.29. The summed E-state index contributed by atoms with van der Waals surface area (Å²) < 4.78 is 0. The van der Waals surface area contributed by atoms with Gasteiger partial charge in [0, 0.05) is 32.2 Å². The molecule has 1 N–H and O–H groups in total. The zero-order valence-electron chi connectivity index (χ0n) is 11.5. The Hall–Kier alpha value is -1.35. The summed E-state index contributed by atoms with van der Waals surface area (Å²) in [5.41, 5.74) is 3.39. The highest BCUT2D eigenvalue weighted by Gasteiger charge is 2.17. The highest BCUT2D eigenvalue weighted by Crippen LogP contribution is 2.18. The van der Waals surface area contributed by atoms with Gasteiger partial charge in [-0.1, -0.05) is 26.3 Å². The van der Waals surface area contributed by atoms with Crippen LogP contribution in [0.1, 0.15) is 41.8 Å². The van der Waals surface area contributed by atoms with E-state index in [1.807, 2.05) is 24.1 Å². The summed E-state index contributed by atoms with van der Waals surface area (Å²) in [5, 5.41) is 3.30. The normalized spacial score (nSPS) is 15.3. The van der Waals surface area contributed by atoms with Crippen molar-refractivity contribution in [3.05, 3.63) is 34.9 Å². The molecule has 1 aliphatic rings. The molecule has 0 saturated heterocycles. The Bertz CT molecular complexity index is 442. The lowest BCUT2D eigenvalue weighted by Crippen LogP contribution is -2.30. The van der Waals surface area contributed by atoms with Gasteiger partial charge in [-0.15, -0.1) is 0 Å². The molecule has 1 atom stereocenters. The van der Waals surface area contributed by atoms with Crippen LogP contribution in [0.2, 0.25) is 0 Å². The number of nitrogens with zero attached hydrogens (tertiary/aromatic N) is 1. The Morgan fingerprint density at radius 1 is 1.39 bits per heavy atom. The van der Waals surface area contributed by atoms with Crippen LogP contribution in [0.4, 0.5) is 0 Å². The van der Waals surface area contributed by atoms with Gasteiger partial charge >= 0.3 is 0 Å². The van der Waals surface area contributed by atoms with Gasteiger partial charge in [0.05, 0.1) is 0 Å². The summed E-state index contributed by atoms with van der Waals surface area (Å²) in [6, 6.07) is 6.05. The molecule has 0 radical (unpaired) electrons. The monoisotopic (exact) mass is 246 g/mol. The van der Waals surface area contributed by atoms with E-state index in [9.17, 15) is 4.79 Å². The Morgan fingerprint density at radius 2 is 2.11 bits per heavy atom. The fourth-order valence-corrected chi connectivity index (χ4v) is 2.33. The second kappa shape index (κ2) is 5.53. The lowest BCUT2D eigenvalue weighted by atomic mass is 10.0. The molecule has 0 aliphatic carbocycles. The van der Waals surface area contributed by atoms with E-state index in [1.54, 1.807) is 0 Å². The number of amides is 1. The summed E-state index contributed by atoms with van der Waals surface area (Å²) in [4.78, 5) is 14.1. The molecular weight excluding hydrogens is 224 g/mol. The number of nitrogens with one attached hydrogen (secondary N) is 1. The van der Waals surface area contributed by atoms with E-state index in [4.69, 9.17) is 0 Å². The molecule has 1 amide bonds. The van der Waals surface area contributed by atoms with Crippen molar-refractivity contribution in [2.75, 3.05) is 13.6 Å². The molecule has 1 unspecified atom stereocenters. The molecular formula is C15H22N2O. The second-order valence-electron chi connectivity index (χ2n) is 5.29. The topological polar surface area (TPSA) is 32.3 Å². The van der Waals surface area contributed by atoms with E-state index in [0.717, 1.165) is 31.6 Å². The predicted molar refractivity (Wildman–Crippen MR) is 73.4 cm³/mol. The van der Waals surface area contributed by atoms with E-state index in [0.29, 0.717) is 5.92 Å². The van der Waals surface area contributed by atoms with Gasteiger partial charge < -0.3 is 10.2 Å². The highest BCUT2D eigenvalue weighted by atomic mass is 16.2. The zero-order valence-corrected chi connectivity index (χ0v) is 11.5. The van der Waals surface area contributed by atoms with Gasteiger partial charge in [0.2, 0.25) is 0 Å². The first-order valence-corrected chi connectivity index (χ1v) is 6.69. The smallest absolute Gasteiger partial charge is 0.253 e. The Labute approximate surface area is 109 Å². The van der Waals surface area contributed by atoms with E-state index in [1.165, 1.54) is 11.1 Å². The standard InChI is InChI=1S/C15H22N2O/c1-4-11(2)10-17(3)15(18)12-5-6-13-8-16-9-14(13)7-12/h5-7,11,16H,4,8-10H2,1-3H3. The van der Waals surface area contributed by atoms with E-state index in [2.05, 4.69) is 25.2 Å². The quantitative estimate of drug-likeness (QED) is 0.885. The van der Waals surface area contributed by atoms with Gasteiger partial charge in [-0.25, -0.2) is 0 Å². The van der Waals surface area contributed by atoms with E-state index in [-0.39, 0.29) is 5.91 Å². The van der Waals surface area contributed by atoms with Crippen LogP contribution >= 0.6 is 0 Å². The van der Waals surface area contributed by atoms with Crippen LogP contribution in [0.25, 0.3) is 0 Å². The maximum Gasteiger partial charge on any atom is 0.253 e. The van der Waals surface area contributed by atoms with Crippen LogP contribution in [-0.2, 0) is 13.1 Å². The summed E-state index contributed by atoms with van der Waals surface area (Å²) >= 11 is 0. The zero-order chi connectivity index (χ0) is 13.1. The van der Waals surface area contributed by atoms with Crippen molar-refractivity contribution in [2.24, 2.45) is 5.92 Å². The molecule has 18 heavy (non-hydrogen) atoms. The third-order valence-corrected chi connectivity index (χ3v) is 3.71. The molecule has 1 aromatic rings. The van der Waals surface area contributed by atoms with Crippen LogP contribution in [-0.4, -0.2) is 24.4 Å². The number of fused-ring (bicyclic) bond motifs is 1. The summed E-state index contributed by atoms with van der Waals surface area (Å²) in [7, 11) is 1.89.